The number of carbonyl (C=O) groups excluding carboxylic acids is 1. The van der Waals surface area contributed by atoms with Crippen LogP contribution in [0.1, 0.15) is 31.1 Å². The number of Topliss-reactive ketones (excluding diaryl/α,β-unsaturated/α-hetero) is 1. The van der Waals surface area contributed by atoms with Crippen LogP contribution in [0.3, 0.4) is 0 Å². The maximum atomic E-state index is 12.2. The van der Waals surface area contributed by atoms with E-state index in [-0.39, 0.29) is 5.78 Å². The molecule has 0 unspecified atom stereocenters. The van der Waals surface area contributed by atoms with Gasteiger partial charge in [0.25, 0.3) is 0 Å². The lowest BCUT2D eigenvalue weighted by Gasteiger charge is -2.16. The van der Waals surface area contributed by atoms with E-state index in [1.807, 2.05) is 20.8 Å². The number of hydrogen-bond acceptors (Lipinski definition) is 4. The van der Waals surface area contributed by atoms with E-state index in [0.29, 0.717) is 17.2 Å². The molecule has 0 fully saturated rings. The summed E-state index contributed by atoms with van der Waals surface area (Å²) in [7, 11) is 0. The van der Waals surface area contributed by atoms with E-state index < -0.39 is 5.41 Å². The zero-order chi connectivity index (χ0) is 13.9. The highest BCUT2D eigenvalue weighted by Gasteiger charge is 2.23. The number of rotatable bonds is 3. The quantitative estimate of drug-likeness (QED) is 0.789. The minimum absolute atomic E-state index is 0.0611. The summed E-state index contributed by atoms with van der Waals surface area (Å²) in [5.74, 6) is 1.05. The SMILES string of the molecule is CC(C)(C)C(=O)c1ccnc(Oc2cccnc2)c1. The molecule has 0 amide bonds. The molecule has 98 valence electrons. The Bertz CT molecular complexity index is 574. The van der Waals surface area contributed by atoms with Crippen LogP contribution in [0.4, 0.5) is 0 Å². The van der Waals surface area contributed by atoms with Crippen molar-refractivity contribution < 1.29 is 9.53 Å². The van der Waals surface area contributed by atoms with Crippen molar-refractivity contribution in [1.82, 2.24) is 9.97 Å². The van der Waals surface area contributed by atoms with Gasteiger partial charge in [-0.3, -0.25) is 9.78 Å². The first-order valence-corrected chi connectivity index (χ1v) is 6.05. The van der Waals surface area contributed by atoms with Crippen molar-refractivity contribution in [3.8, 4) is 11.6 Å². The summed E-state index contributed by atoms with van der Waals surface area (Å²) in [4.78, 5) is 20.2. The Hall–Kier alpha value is -2.23. The van der Waals surface area contributed by atoms with Crippen LogP contribution in [0.25, 0.3) is 0 Å². The fourth-order valence-corrected chi connectivity index (χ4v) is 1.57. The Labute approximate surface area is 112 Å². The highest BCUT2D eigenvalue weighted by Crippen LogP contribution is 2.24. The van der Waals surface area contributed by atoms with Gasteiger partial charge < -0.3 is 4.74 Å². The molecule has 0 aromatic carbocycles. The van der Waals surface area contributed by atoms with Crippen molar-refractivity contribution in [3.05, 3.63) is 48.4 Å². The second kappa shape index (κ2) is 5.18. The maximum Gasteiger partial charge on any atom is 0.219 e. The van der Waals surface area contributed by atoms with Gasteiger partial charge in [-0.15, -0.1) is 0 Å². The maximum absolute atomic E-state index is 12.2. The van der Waals surface area contributed by atoms with Crippen molar-refractivity contribution in [2.24, 2.45) is 5.41 Å². The monoisotopic (exact) mass is 256 g/mol. The molecule has 2 rings (SSSR count). The molecule has 0 aliphatic rings. The lowest BCUT2D eigenvalue weighted by Crippen LogP contribution is -2.20. The van der Waals surface area contributed by atoms with Crippen molar-refractivity contribution in [2.45, 2.75) is 20.8 Å². The van der Waals surface area contributed by atoms with Gasteiger partial charge in [-0.05, 0) is 18.2 Å². The number of ether oxygens (including phenoxy) is 1. The third-order valence-electron chi connectivity index (χ3n) is 2.54. The molecule has 2 heterocycles. The second-order valence-electron chi connectivity index (χ2n) is 5.25. The third kappa shape index (κ3) is 3.37. The van der Waals surface area contributed by atoms with Gasteiger partial charge in [0.15, 0.2) is 5.78 Å². The van der Waals surface area contributed by atoms with Gasteiger partial charge >= 0.3 is 0 Å². The van der Waals surface area contributed by atoms with E-state index >= 15 is 0 Å². The number of aromatic nitrogens is 2. The Kier molecular flexibility index (Phi) is 3.60. The summed E-state index contributed by atoms with van der Waals surface area (Å²) in [5.41, 5.74) is 0.175. The van der Waals surface area contributed by atoms with Crippen LogP contribution < -0.4 is 4.74 Å². The van der Waals surface area contributed by atoms with Crippen molar-refractivity contribution in [1.29, 1.82) is 0 Å². The van der Waals surface area contributed by atoms with E-state index in [4.69, 9.17) is 4.74 Å². The van der Waals surface area contributed by atoms with Gasteiger partial charge in [-0.25, -0.2) is 4.98 Å². The molecular formula is C15H16N2O2. The van der Waals surface area contributed by atoms with Crippen LogP contribution >= 0.6 is 0 Å². The molecule has 0 spiro atoms. The number of pyridine rings is 2. The molecule has 0 bridgehead atoms. The molecule has 0 N–H and O–H groups in total. The van der Waals surface area contributed by atoms with E-state index in [9.17, 15) is 4.79 Å². The minimum Gasteiger partial charge on any atom is -0.437 e. The van der Waals surface area contributed by atoms with Gasteiger partial charge in [0.05, 0.1) is 6.20 Å². The van der Waals surface area contributed by atoms with Crippen molar-refractivity contribution in [3.63, 3.8) is 0 Å². The van der Waals surface area contributed by atoms with Crippen LogP contribution in [-0.4, -0.2) is 15.8 Å². The smallest absolute Gasteiger partial charge is 0.219 e. The predicted molar refractivity (Wildman–Crippen MR) is 72.3 cm³/mol. The van der Waals surface area contributed by atoms with Gasteiger partial charge in [-0.2, -0.15) is 0 Å². The highest BCUT2D eigenvalue weighted by molar-refractivity contribution is 5.99. The lowest BCUT2D eigenvalue weighted by atomic mass is 9.87. The summed E-state index contributed by atoms with van der Waals surface area (Å²) >= 11 is 0. The predicted octanol–water partition coefficient (Wildman–Crippen LogP) is 3.50. The zero-order valence-corrected chi connectivity index (χ0v) is 11.3. The zero-order valence-electron chi connectivity index (χ0n) is 11.3. The van der Waals surface area contributed by atoms with Gasteiger partial charge in [-0.1, -0.05) is 20.8 Å². The molecule has 0 aliphatic heterocycles. The molecule has 0 radical (unpaired) electrons. The summed E-state index contributed by atoms with van der Waals surface area (Å²) in [5, 5.41) is 0. The van der Waals surface area contributed by atoms with Crippen LogP contribution in [-0.2, 0) is 0 Å². The molecular weight excluding hydrogens is 240 g/mol. The molecule has 0 atom stereocenters. The van der Waals surface area contributed by atoms with E-state index in [1.54, 1.807) is 42.9 Å². The first kappa shape index (κ1) is 13.2. The van der Waals surface area contributed by atoms with E-state index in [0.717, 1.165) is 0 Å². The molecule has 0 saturated heterocycles. The largest absolute Gasteiger partial charge is 0.437 e. The van der Waals surface area contributed by atoms with Gasteiger partial charge in [0, 0.05) is 29.4 Å². The molecule has 2 aromatic heterocycles. The average molecular weight is 256 g/mol. The molecule has 4 nitrogen and oxygen atoms in total. The Morgan fingerprint density at radius 3 is 2.63 bits per heavy atom. The van der Waals surface area contributed by atoms with Gasteiger partial charge in [0.2, 0.25) is 5.88 Å². The normalized spacial score (nSPS) is 11.1. The Balaban J connectivity index is 2.23. The summed E-state index contributed by atoms with van der Waals surface area (Å²) in [6.07, 6.45) is 4.84. The number of nitrogens with zero attached hydrogens (tertiary/aromatic N) is 2. The molecule has 0 aliphatic carbocycles. The van der Waals surface area contributed by atoms with Crippen LogP contribution in [0, 0.1) is 5.41 Å². The number of carbonyl (C=O) groups is 1. The molecule has 0 saturated carbocycles. The van der Waals surface area contributed by atoms with E-state index in [2.05, 4.69) is 9.97 Å². The van der Waals surface area contributed by atoms with Crippen LogP contribution in [0.2, 0.25) is 0 Å². The fraction of sp³-hybridized carbons (Fsp3) is 0.267. The highest BCUT2D eigenvalue weighted by atomic mass is 16.5. The molecule has 19 heavy (non-hydrogen) atoms. The van der Waals surface area contributed by atoms with E-state index in [1.165, 1.54) is 0 Å². The summed E-state index contributed by atoms with van der Waals surface area (Å²) in [6.45, 7) is 5.66. The summed E-state index contributed by atoms with van der Waals surface area (Å²) < 4.78 is 5.56. The van der Waals surface area contributed by atoms with Crippen molar-refractivity contribution >= 4 is 5.78 Å². The second-order valence-corrected chi connectivity index (χ2v) is 5.25. The Morgan fingerprint density at radius 1 is 1.21 bits per heavy atom. The first-order valence-electron chi connectivity index (χ1n) is 6.05. The van der Waals surface area contributed by atoms with Gasteiger partial charge in [0.1, 0.15) is 5.75 Å². The Morgan fingerprint density at radius 2 is 2.00 bits per heavy atom. The minimum atomic E-state index is -0.424. The van der Waals surface area contributed by atoms with Crippen LogP contribution in [0.5, 0.6) is 11.6 Å². The van der Waals surface area contributed by atoms with Crippen molar-refractivity contribution in [2.75, 3.05) is 0 Å². The van der Waals surface area contributed by atoms with Crippen LogP contribution in [0.15, 0.2) is 42.9 Å². The average Bonchev–Trinajstić information content (AvgIpc) is 2.38. The standard InChI is InChI=1S/C15H16N2O2/c1-15(2,3)14(18)11-6-8-17-13(9-11)19-12-5-4-7-16-10-12/h4-10H,1-3H3. The topological polar surface area (TPSA) is 52.1 Å². The number of ketones is 1. The molecule has 2 aromatic rings. The molecule has 4 heteroatoms. The summed E-state index contributed by atoms with van der Waals surface area (Å²) in [6, 6.07) is 6.91. The third-order valence-corrected chi connectivity index (χ3v) is 2.54. The first-order chi connectivity index (χ1) is 8.97. The number of hydrogen-bond donors (Lipinski definition) is 0. The lowest BCUT2D eigenvalue weighted by molar-refractivity contribution is 0.0858. The fourth-order valence-electron chi connectivity index (χ4n) is 1.57.